The van der Waals surface area contributed by atoms with E-state index in [1.54, 1.807) is 0 Å². The normalized spacial score (nSPS) is 10.8. The van der Waals surface area contributed by atoms with Crippen LogP contribution in [0, 0.1) is 0 Å². The summed E-state index contributed by atoms with van der Waals surface area (Å²) in [5.74, 6) is 0.726. The summed E-state index contributed by atoms with van der Waals surface area (Å²) in [6, 6.07) is 21.3. The Morgan fingerprint density at radius 2 is 1.75 bits per heavy atom. The SMILES string of the molecule is O=C(NCc1nc2ccccc2[nH]1)Nc1cccc2ccccc12. The van der Waals surface area contributed by atoms with Gasteiger partial charge in [-0.3, -0.25) is 0 Å². The molecule has 1 aromatic heterocycles. The highest BCUT2D eigenvalue weighted by Crippen LogP contribution is 2.22. The van der Waals surface area contributed by atoms with Gasteiger partial charge in [-0.15, -0.1) is 0 Å². The van der Waals surface area contributed by atoms with Gasteiger partial charge in [-0.1, -0.05) is 48.5 Å². The zero-order valence-electron chi connectivity index (χ0n) is 12.9. The third kappa shape index (κ3) is 2.79. The molecule has 118 valence electrons. The largest absolute Gasteiger partial charge is 0.340 e. The standard InChI is InChI=1S/C19H16N4O/c24-19(20-12-18-21-16-9-3-4-10-17(16)22-18)23-15-11-5-7-13-6-1-2-8-14(13)15/h1-11H,12H2,(H,21,22)(H2,20,23,24). The number of nitrogens with zero attached hydrogens (tertiary/aromatic N) is 1. The second-order valence-electron chi connectivity index (χ2n) is 5.54. The summed E-state index contributed by atoms with van der Waals surface area (Å²) < 4.78 is 0. The fraction of sp³-hybridized carbons (Fsp3) is 0.0526. The van der Waals surface area contributed by atoms with Crippen molar-refractivity contribution in [3.05, 3.63) is 72.6 Å². The molecule has 4 rings (SSSR count). The molecule has 0 saturated carbocycles. The van der Waals surface area contributed by atoms with Gasteiger partial charge >= 0.3 is 6.03 Å². The molecular formula is C19H16N4O. The van der Waals surface area contributed by atoms with Crippen LogP contribution in [0.25, 0.3) is 21.8 Å². The summed E-state index contributed by atoms with van der Waals surface area (Å²) in [5, 5.41) is 7.83. The summed E-state index contributed by atoms with van der Waals surface area (Å²) in [6.45, 7) is 0.339. The molecule has 24 heavy (non-hydrogen) atoms. The Balaban J connectivity index is 1.46. The Morgan fingerprint density at radius 3 is 2.67 bits per heavy atom. The lowest BCUT2D eigenvalue weighted by atomic mass is 10.1. The molecule has 5 heteroatoms. The van der Waals surface area contributed by atoms with E-state index in [2.05, 4.69) is 20.6 Å². The summed E-state index contributed by atoms with van der Waals surface area (Å²) in [7, 11) is 0. The van der Waals surface area contributed by atoms with Gasteiger partial charge in [0.25, 0.3) is 0 Å². The molecule has 0 aliphatic rings. The van der Waals surface area contributed by atoms with E-state index in [0.29, 0.717) is 6.54 Å². The predicted octanol–water partition coefficient (Wildman–Crippen LogP) is 4.04. The fourth-order valence-corrected chi connectivity index (χ4v) is 2.75. The van der Waals surface area contributed by atoms with Crippen LogP contribution in [-0.2, 0) is 6.54 Å². The number of imidazole rings is 1. The third-order valence-electron chi connectivity index (χ3n) is 3.89. The number of hydrogen-bond donors (Lipinski definition) is 3. The molecule has 0 radical (unpaired) electrons. The molecule has 0 atom stereocenters. The van der Waals surface area contributed by atoms with Crippen molar-refractivity contribution >= 4 is 33.5 Å². The van der Waals surface area contributed by atoms with E-state index in [1.165, 1.54) is 0 Å². The van der Waals surface area contributed by atoms with Crippen molar-refractivity contribution < 1.29 is 4.79 Å². The minimum atomic E-state index is -0.258. The molecule has 4 aromatic rings. The highest BCUT2D eigenvalue weighted by molar-refractivity contribution is 6.01. The van der Waals surface area contributed by atoms with Crippen molar-refractivity contribution in [1.29, 1.82) is 0 Å². The van der Waals surface area contributed by atoms with Crippen LogP contribution in [0.15, 0.2) is 66.7 Å². The minimum Gasteiger partial charge on any atom is -0.340 e. The first-order valence-corrected chi connectivity index (χ1v) is 7.76. The van der Waals surface area contributed by atoms with E-state index in [9.17, 15) is 4.79 Å². The molecule has 3 N–H and O–H groups in total. The number of carbonyl (C=O) groups is 1. The van der Waals surface area contributed by atoms with Crippen LogP contribution in [0.1, 0.15) is 5.82 Å². The number of anilines is 1. The lowest BCUT2D eigenvalue weighted by Gasteiger charge is -2.09. The molecule has 0 unspecified atom stereocenters. The highest BCUT2D eigenvalue weighted by Gasteiger charge is 2.07. The van der Waals surface area contributed by atoms with E-state index in [0.717, 1.165) is 33.3 Å². The quantitative estimate of drug-likeness (QED) is 0.534. The van der Waals surface area contributed by atoms with Gasteiger partial charge in [-0.25, -0.2) is 9.78 Å². The van der Waals surface area contributed by atoms with Crippen LogP contribution < -0.4 is 10.6 Å². The number of nitrogens with one attached hydrogen (secondary N) is 3. The Hall–Kier alpha value is -3.34. The number of fused-ring (bicyclic) bond motifs is 2. The first-order chi connectivity index (χ1) is 11.8. The molecular weight excluding hydrogens is 300 g/mol. The Kier molecular flexibility index (Phi) is 3.59. The molecule has 5 nitrogen and oxygen atoms in total. The van der Waals surface area contributed by atoms with Crippen molar-refractivity contribution in [2.75, 3.05) is 5.32 Å². The van der Waals surface area contributed by atoms with Gasteiger partial charge in [0, 0.05) is 5.39 Å². The summed E-state index contributed by atoms with van der Waals surface area (Å²) >= 11 is 0. The van der Waals surface area contributed by atoms with E-state index in [4.69, 9.17) is 0 Å². The Morgan fingerprint density at radius 1 is 0.958 bits per heavy atom. The number of rotatable bonds is 3. The average molecular weight is 316 g/mol. The molecule has 2 amide bonds. The van der Waals surface area contributed by atoms with Crippen molar-refractivity contribution in [1.82, 2.24) is 15.3 Å². The Labute approximate surface area is 138 Å². The summed E-state index contributed by atoms with van der Waals surface area (Å²) in [6.07, 6.45) is 0. The first kappa shape index (κ1) is 14.3. The average Bonchev–Trinajstić information content (AvgIpc) is 3.03. The number of aromatic nitrogens is 2. The van der Waals surface area contributed by atoms with Crippen LogP contribution in [-0.4, -0.2) is 16.0 Å². The number of H-pyrrole nitrogens is 1. The van der Waals surface area contributed by atoms with Gasteiger partial charge in [-0.05, 0) is 23.6 Å². The molecule has 0 bridgehead atoms. The number of hydrogen-bond acceptors (Lipinski definition) is 2. The van der Waals surface area contributed by atoms with Crippen LogP contribution in [0.5, 0.6) is 0 Å². The van der Waals surface area contributed by atoms with Gasteiger partial charge < -0.3 is 15.6 Å². The first-order valence-electron chi connectivity index (χ1n) is 7.76. The van der Waals surface area contributed by atoms with Crippen LogP contribution >= 0.6 is 0 Å². The molecule has 0 saturated heterocycles. The lowest BCUT2D eigenvalue weighted by molar-refractivity contribution is 0.251. The van der Waals surface area contributed by atoms with Crippen molar-refractivity contribution in [2.45, 2.75) is 6.54 Å². The van der Waals surface area contributed by atoms with Crippen LogP contribution in [0.4, 0.5) is 10.5 Å². The molecule has 0 aliphatic carbocycles. The number of aromatic amines is 1. The maximum Gasteiger partial charge on any atom is 0.319 e. The van der Waals surface area contributed by atoms with Gasteiger partial charge in [-0.2, -0.15) is 0 Å². The van der Waals surface area contributed by atoms with Crippen molar-refractivity contribution in [2.24, 2.45) is 0 Å². The van der Waals surface area contributed by atoms with E-state index >= 15 is 0 Å². The monoisotopic (exact) mass is 316 g/mol. The Bertz CT molecular complexity index is 984. The smallest absolute Gasteiger partial charge is 0.319 e. The summed E-state index contributed by atoms with van der Waals surface area (Å²) in [5.41, 5.74) is 2.64. The molecule has 3 aromatic carbocycles. The van der Waals surface area contributed by atoms with Crippen LogP contribution in [0.3, 0.4) is 0 Å². The molecule has 0 spiro atoms. The highest BCUT2D eigenvalue weighted by atomic mass is 16.2. The molecule has 1 heterocycles. The number of benzene rings is 3. The topological polar surface area (TPSA) is 69.8 Å². The lowest BCUT2D eigenvalue weighted by Crippen LogP contribution is -2.28. The fourth-order valence-electron chi connectivity index (χ4n) is 2.75. The zero-order chi connectivity index (χ0) is 16.4. The van der Waals surface area contributed by atoms with Crippen LogP contribution in [0.2, 0.25) is 0 Å². The second-order valence-corrected chi connectivity index (χ2v) is 5.54. The maximum atomic E-state index is 12.2. The zero-order valence-corrected chi connectivity index (χ0v) is 12.9. The van der Waals surface area contributed by atoms with Crippen molar-refractivity contribution in [3.8, 4) is 0 Å². The molecule has 0 aliphatic heterocycles. The van der Waals surface area contributed by atoms with Gasteiger partial charge in [0.1, 0.15) is 5.82 Å². The third-order valence-corrected chi connectivity index (χ3v) is 3.89. The van der Waals surface area contributed by atoms with Gasteiger partial charge in [0.2, 0.25) is 0 Å². The van der Waals surface area contributed by atoms with E-state index < -0.39 is 0 Å². The number of amides is 2. The minimum absolute atomic E-state index is 0.258. The van der Waals surface area contributed by atoms with E-state index in [1.807, 2.05) is 66.7 Å². The maximum absolute atomic E-state index is 12.2. The van der Waals surface area contributed by atoms with Gasteiger partial charge in [0.05, 0.1) is 23.3 Å². The van der Waals surface area contributed by atoms with Crippen molar-refractivity contribution in [3.63, 3.8) is 0 Å². The second kappa shape index (κ2) is 6.04. The predicted molar refractivity (Wildman–Crippen MR) is 95.9 cm³/mol. The summed E-state index contributed by atoms with van der Waals surface area (Å²) in [4.78, 5) is 19.8. The number of carbonyl (C=O) groups excluding carboxylic acids is 1. The number of urea groups is 1. The van der Waals surface area contributed by atoms with Gasteiger partial charge in [0.15, 0.2) is 0 Å². The molecule has 0 fully saturated rings. The van der Waals surface area contributed by atoms with E-state index in [-0.39, 0.29) is 6.03 Å². The number of para-hydroxylation sites is 2.